The van der Waals surface area contributed by atoms with E-state index in [9.17, 15) is 14.4 Å². The molecule has 0 unspecified atom stereocenters. The molecule has 2 amide bonds. The predicted molar refractivity (Wildman–Crippen MR) is 110 cm³/mol. The minimum atomic E-state index is -0.579. The highest BCUT2D eigenvalue weighted by Gasteiger charge is 2.27. The molecule has 3 heterocycles. The summed E-state index contributed by atoms with van der Waals surface area (Å²) in [6.07, 6.45) is 0. The van der Waals surface area contributed by atoms with Gasteiger partial charge in [0.2, 0.25) is 5.91 Å². The summed E-state index contributed by atoms with van der Waals surface area (Å²) in [6.45, 7) is -0.554. The molecule has 10 heteroatoms. The molecule has 0 spiro atoms. The lowest BCUT2D eigenvalue weighted by Gasteiger charge is -2.28. The van der Waals surface area contributed by atoms with Crippen molar-refractivity contribution in [2.75, 3.05) is 42.4 Å². The summed E-state index contributed by atoms with van der Waals surface area (Å²) in [5, 5.41) is 3.57. The molecule has 0 radical (unpaired) electrons. The first-order valence-electron chi connectivity index (χ1n) is 8.36. The zero-order valence-electron chi connectivity index (χ0n) is 15.1. The first-order chi connectivity index (χ1) is 13.4. The quantitative estimate of drug-likeness (QED) is 0.658. The Morgan fingerprint density at radius 3 is 2.82 bits per heavy atom. The number of carbonyl (C=O) groups is 3. The van der Waals surface area contributed by atoms with Crippen LogP contribution in [-0.2, 0) is 14.3 Å². The van der Waals surface area contributed by atoms with Gasteiger partial charge in [0, 0.05) is 14.1 Å². The van der Waals surface area contributed by atoms with Crippen molar-refractivity contribution in [1.82, 2.24) is 4.98 Å². The summed E-state index contributed by atoms with van der Waals surface area (Å²) in [4.78, 5) is 45.5. The molecule has 0 fully saturated rings. The van der Waals surface area contributed by atoms with E-state index >= 15 is 0 Å². The minimum Gasteiger partial charge on any atom is -0.451 e. The molecule has 8 nitrogen and oxygen atoms in total. The number of thiophene rings is 1. The van der Waals surface area contributed by atoms with E-state index in [0.717, 1.165) is 14.7 Å². The molecule has 0 atom stereocenters. The first kappa shape index (κ1) is 18.4. The van der Waals surface area contributed by atoms with Crippen LogP contribution in [0.25, 0.3) is 9.53 Å². The summed E-state index contributed by atoms with van der Waals surface area (Å²) >= 11 is 2.71. The van der Waals surface area contributed by atoms with Crippen molar-refractivity contribution in [1.29, 1.82) is 0 Å². The number of esters is 1. The number of carbonyl (C=O) groups excluding carboxylic acids is 3. The second-order valence-electron chi connectivity index (χ2n) is 6.29. The molecular formula is C18H16N4O4S2. The Morgan fingerprint density at radius 1 is 1.29 bits per heavy atom. The molecule has 4 rings (SSSR count). The third kappa shape index (κ3) is 3.43. The van der Waals surface area contributed by atoms with Crippen molar-refractivity contribution < 1.29 is 19.1 Å². The highest BCUT2D eigenvalue weighted by Crippen LogP contribution is 2.34. The summed E-state index contributed by atoms with van der Waals surface area (Å²) in [5.74, 6) is -1.33. The fourth-order valence-corrected chi connectivity index (χ4v) is 4.78. The van der Waals surface area contributed by atoms with Crippen LogP contribution < -0.4 is 15.1 Å². The van der Waals surface area contributed by atoms with E-state index in [1.165, 1.54) is 27.6 Å². The monoisotopic (exact) mass is 416 g/mol. The van der Waals surface area contributed by atoms with Gasteiger partial charge in [-0.25, -0.2) is 9.78 Å². The molecule has 0 saturated carbocycles. The lowest BCUT2D eigenvalue weighted by Crippen LogP contribution is -2.44. The fourth-order valence-electron chi connectivity index (χ4n) is 2.75. The maximum Gasteiger partial charge on any atom is 0.348 e. The molecule has 1 aromatic carbocycles. The van der Waals surface area contributed by atoms with Gasteiger partial charge in [0.25, 0.3) is 5.91 Å². The standard InChI is InChI=1S/C18H16N4O4S2/c1-21(2)18-20-16-12(28-18)7-13(27-16)17(25)26-9-15(24)22-8-14(23)19-10-5-3-4-6-11(10)22/h3-7H,8-9H2,1-2H3,(H,19,23). The molecule has 1 aliphatic heterocycles. The predicted octanol–water partition coefficient (Wildman–Crippen LogP) is 2.57. The number of hydrogen-bond acceptors (Lipinski definition) is 8. The van der Waals surface area contributed by atoms with Crippen molar-refractivity contribution in [3.63, 3.8) is 0 Å². The van der Waals surface area contributed by atoms with E-state index in [2.05, 4.69) is 10.3 Å². The van der Waals surface area contributed by atoms with Crippen LogP contribution in [0.4, 0.5) is 16.5 Å². The van der Waals surface area contributed by atoms with E-state index in [1.54, 1.807) is 30.3 Å². The van der Waals surface area contributed by atoms with Crippen molar-refractivity contribution in [2.24, 2.45) is 0 Å². The van der Waals surface area contributed by atoms with Crippen LogP contribution in [0.5, 0.6) is 0 Å². The SMILES string of the molecule is CN(C)c1nc2sc(C(=O)OCC(=O)N3CC(=O)Nc4ccccc43)cc2s1. The maximum absolute atomic E-state index is 12.5. The molecule has 1 aliphatic rings. The second kappa shape index (κ2) is 7.21. The number of anilines is 3. The smallest absolute Gasteiger partial charge is 0.348 e. The van der Waals surface area contributed by atoms with E-state index in [1.807, 2.05) is 19.0 Å². The number of nitrogens with zero attached hydrogens (tertiary/aromatic N) is 3. The number of ether oxygens (including phenoxy) is 1. The maximum atomic E-state index is 12.5. The number of thiazole rings is 1. The zero-order chi connectivity index (χ0) is 19.8. The van der Waals surface area contributed by atoms with E-state index in [0.29, 0.717) is 16.3 Å². The third-order valence-electron chi connectivity index (χ3n) is 4.06. The average Bonchev–Trinajstić information content (AvgIpc) is 3.24. The van der Waals surface area contributed by atoms with Crippen molar-refractivity contribution in [3.05, 3.63) is 35.2 Å². The molecule has 144 valence electrons. The third-order valence-corrected chi connectivity index (χ3v) is 6.37. The van der Waals surface area contributed by atoms with Crippen LogP contribution in [0.3, 0.4) is 0 Å². The van der Waals surface area contributed by atoms with Crippen LogP contribution >= 0.6 is 22.7 Å². The van der Waals surface area contributed by atoms with Gasteiger partial charge < -0.3 is 15.0 Å². The molecule has 1 N–H and O–H groups in total. The Kier molecular flexibility index (Phi) is 4.73. The van der Waals surface area contributed by atoms with Gasteiger partial charge >= 0.3 is 5.97 Å². The van der Waals surface area contributed by atoms with Crippen molar-refractivity contribution in [2.45, 2.75) is 0 Å². The summed E-state index contributed by atoms with van der Waals surface area (Å²) in [5.41, 5.74) is 1.14. The van der Waals surface area contributed by atoms with Gasteiger partial charge in [0.05, 0.1) is 16.1 Å². The molecule has 3 aromatic rings. The van der Waals surface area contributed by atoms with E-state index < -0.39 is 18.5 Å². The number of benzene rings is 1. The molecular weight excluding hydrogens is 400 g/mol. The Morgan fingerprint density at radius 2 is 2.07 bits per heavy atom. The molecule has 0 bridgehead atoms. The van der Waals surface area contributed by atoms with Gasteiger partial charge in [-0.3, -0.25) is 14.5 Å². The highest BCUT2D eigenvalue weighted by atomic mass is 32.1. The zero-order valence-corrected chi connectivity index (χ0v) is 16.7. The number of hydrogen-bond donors (Lipinski definition) is 1. The van der Waals surface area contributed by atoms with Gasteiger partial charge in [-0.1, -0.05) is 23.5 Å². The summed E-state index contributed by atoms with van der Waals surface area (Å²) in [6, 6.07) is 8.71. The largest absolute Gasteiger partial charge is 0.451 e. The second-order valence-corrected chi connectivity index (χ2v) is 8.33. The Labute approximate surface area is 168 Å². The fraction of sp³-hybridized carbons (Fsp3) is 0.222. The summed E-state index contributed by atoms with van der Waals surface area (Å²) in [7, 11) is 3.81. The van der Waals surface area contributed by atoms with Crippen LogP contribution in [0.15, 0.2) is 30.3 Å². The lowest BCUT2D eigenvalue weighted by atomic mass is 10.2. The number of para-hydroxylation sites is 2. The Bertz CT molecular complexity index is 1060. The van der Waals surface area contributed by atoms with Crippen LogP contribution in [0, 0.1) is 0 Å². The first-order valence-corrected chi connectivity index (χ1v) is 10.00. The molecule has 2 aromatic heterocycles. The van der Waals surface area contributed by atoms with Gasteiger partial charge in [-0.2, -0.15) is 0 Å². The van der Waals surface area contributed by atoms with Crippen LogP contribution in [0.2, 0.25) is 0 Å². The van der Waals surface area contributed by atoms with Gasteiger partial charge in [-0.15, -0.1) is 11.3 Å². The molecule has 28 heavy (non-hydrogen) atoms. The van der Waals surface area contributed by atoms with Crippen molar-refractivity contribution in [3.8, 4) is 0 Å². The molecule has 0 saturated heterocycles. The number of rotatable bonds is 4. The van der Waals surface area contributed by atoms with Gasteiger partial charge in [-0.05, 0) is 18.2 Å². The Hall–Kier alpha value is -2.98. The normalized spacial score (nSPS) is 13.2. The minimum absolute atomic E-state index is 0.112. The number of aromatic nitrogens is 1. The lowest BCUT2D eigenvalue weighted by molar-refractivity contribution is -0.124. The van der Waals surface area contributed by atoms with E-state index in [4.69, 9.17) is 4.74 Å². The topological polar surface area (TPSA) is 91.8 Å². The Balaban J connectivity index is 1.44. The van der Waals surface area contributed by atoms with Crippen molar-refractivity contribution >= 4 is 66.5 Å². The summed E-state index contributed by atoms with van der Waals surface area (Å²) < 4.78 is 6.08. The number of amides is 2. The molecule has 0 aliphatic carbocycles. The van der Waals surface area contributed by atoms with E-state index in [-0.39, 0.29) is 12.5 Å². The average molecular weight is 416 g/mol. The van der Waals surface area contributed by atoms with Crippen LogP contribution in [-0.4, -0.2) is 50.0 Å². The highest BCUT2D eigenvalue weighted by molar-refractivity contribution is 7.29. The van der Waals surface area contributed by atoms with Gasteiger partial charge in [0.15, 0.2) is 11.7 Å². The number of nitrogens with one attached hydrogen (secondary N) is 1. The number of fused-ring (bicyclic) bond motifs is 2. The van der Waals surface area contributed by atoms with Crippen LogP contribution in [0.1, 0.15) is 9.67 Å². The van der Waals surface area contributed by atoms with Gasteiger partial charge in [0.1, 0.15) is 16.3 Å².